The van der Waals surface area contributed by atoms with Crippen LogP contribution >= 0.6 is 0 Å². The van der Waals surface area contributed by atoms with Crippen LogP contribution in [-0.2, 0) is 14.3 Å². The largest absolute Gasteiger partial charge is 0.444 e. The summed E-state index contributed by atoms with van der Waals surface area (Å²) in [5.74, 6) is -0.0868. The summed E-state index contributed by atoms with van der Waals surface area (Å²) in [6.45, 7) is 8.02. The van der Waals surface area contributed by atoms with E-state index in [4.69, 9.17) is 9.47 Å². The number of nitrogens with one attached hydrogen (secondary N) is 1. The van der Waals surface area contributed by atoms with Crippen LogP contribution in [0.4, 0.5) is 4.79 Å². The molecule has 2 fully saturated rings. The first-order valence-corrected chi connectivity index (χ1v) is 7.12. The Morgan fingerprint density at radius 2 is 2.20 bits per heavy atom. The smallest absolute Gasteiger partial charge is 0.410 e. The normalized spacial score (nSPS) is 27.9. The van der Waals surface area contributed by atoms with Crippen LogP contribution in [-0.4, -0.2) is 55.3 Å². The van der Waals surface area contributed by atoms with Gasteiger partial charge in [-0.25, -0.2) is 4.79 Å². The number of hydrogen-bond donors (Lipinski definition) is 1. The highest BCUT2D eigenvalue weighted by molar-refractivity contribution is 5.77. The van der Waals surface area contributed by atoms with Gasteiger partial charge in [0.15, 0.2) is 0 Å². The third-order valence-electron chi connectivity index (χ3n) is 3.62. The molecule has 0 bridgehead atoms. The molecule has 6 nitrogen and oxygen atoms in total. The maximum Gasteiger partial charge on any atom is 0.410 e. The lowest BCUT2D eigenvalue weighted by atomic mass is 9.80. The summed E-state index contributed by atoms with van der Waals surface area (Å²) >= 11 is 0. The van der Waals surface area contributed by atoms with Gasteiger partial charge in [-0.1, -0.05) is 0 Å². The lowest BCUT2D eigenvalue weighted by molar-refractivity contribution is -0.124. The summed E-state index contributed by atoms with van der Waals surface area (Å²) in [5.41, 5.74) is -0.669. The Kier molecular flexibility index (Phi) is 4.22. The van der Waals surface area contributed by atoms with Gasteiger partial charge < -0.3 is 19.7 Å². The van der Waals surface area contributed by atoms with Crippen molar-refractivity contribution in [2.24, 2.45) is 5.41 Å². The molecule has 1 unspecified atom stereocenters. The molecule has 0 aromatic rings. The number of rotatable bonds is 0. The third kappa shape index (κ3) is 3.85. The molecule has 2 aliphatic heterocycles. The number of hydrogen-bond acceptors (Lipinski definition) is 4. The maximum atomic E-state index is 12.2. The first-order chi connectivity index (χ1) is 9.30. The molecule has 2 heterocycles. The Bertz CT molecular complexity index is 391. The Labute approximate surface area is 119 Å². The van der Waals surface area contributed by atoms with E-state index in [2.05, 4.69) is 5.32 Å². The predicted molar refractivity (Wildman–Crippen MR) is 73.3 cm³/mol. The minimum Gasteiger partial charge on any atom is -0.444 e. The molecule has 0 aliphatic carbocycles. The van der Waals surface area contributed by atoms with Gasteiger partial charge >= 0.3 is 6.09 Å². The maximum absolute atomic E-state index is 12.2. The van der Waals surface area contributed by atoms with E-state index in [1.54, 1.807) is 4.90 Å². The number of ether oxygens (including phenoxy) is 2. The van der Waals surface area contributed by atoms with Crippen molar-refractivity contribution in [2.45, 2.75) is 39.2 Å². The molecule has 0 saturated carbocycles. The summed E-state index contributed by atoms with van der Waals surface area (Å²) in [4.78, 5) is 25.3. The van der Waals surface area contributed by atoms with Crippen LogP contribution in [0, 0.1) is 5.41 Å². The van der Waals surface area contributed by atoms with Crippen molar-refractivity contribution >= 4 is 12.0 Å². The van der Waals surface area contributed by atoms with Crippen LogP contribution in [0.3, 0.4) is 0 Å². The van der Waals surface area contributed by atoms with Crippen molar-refractivity contribution in [1.29, 1.82) is 0 Å². The van der Waals surface area contributed by atoms with Gasteiger partial charge in [-0.05, 0) is 33.6 Å². The Morgan fingerprint density at radius 1 is 1.45 bits per heavy atom. The molecule has 20 heavy (non-hydrogen) atoms. The molecule has 0 aromatic heterocycles. The third-order valence-corrected chi connectivity index (χ3v) is 3.62. The summed E-state index contributed by atoms with van der Waals surface area (Å²) in [6.07, 6.45) is 1.57. The van der Waals surface area contributed by atoms with Crippen LogP contribution < -0.4 is 5.32 Å². The molecule has 2 saturated heterocycles. The summed E-state index contributed by atoms with van der Waals surface area (Å²) in [7, 11) is 0. The van der Waals surface area contributed by atoms with E-state index < -0.39 is 5.60 Å². The van der Waals surface area contributed by atoms with Gasteiger partial charge in [-0.2, -0.15) is 0 Å². The topological polar surface area (TPSA) is 67.9 Å². The minimum absolute atomic E-state index is 0.0868. The van der Waals surface area contributed by atoms with Crippen molar-refractivity contribution in [3.63, 3.8) is 0 Å². The zero-order chi connectivity index (χ0) is 14.8. The molecule has 0 radical (unpaired) electrons. The molecule has 2 rings (SSSR count). The van der Waals surface area contributed by atoms with Crippen LogP contribution in [0.1, 0.15) is 33.6 Å². The van der Waals surface area contributed by atoms with Gasteiger partial charge in [0, 0.05) is 25.0 Å². The standard InChI is InChI=1S/C14H24N2O4/c1-13(2,3)20-12(18)16-6-4-5-14(9-16)8-15-11(17)7-19-10-14/h4-10H2,1-3H3,(H,15,17). The molecule has 114 valence electrons. The van der Waals surface area contributed by atoms with Crippen molar-refractivity contribution in [1.82, 2.24) is 10.2 Å². The first-order valence-electron chi connectivity index (χ1n) is 7.12. The number of likely N-dealkylation sites (tertiary alicyclic amines) is 1. The van der Waals surface area contributed by atoms with E-state index in [0.717, 1.165) is 12.8 Å². The van der Waals surface area contributed by atoms with Crippen molar-refractivity contribution in [3.05, 3.63) is 0 Å². The highest BCUT2D eigenvalue weighted by atomic mass is 16.6. The fraction of sp³-hybridized carbons (Fsp3) is 0.857. The van der Waals surface area contributed by atoms with Crippen LogP contribution in [0.15, 0.2) is 0 Å². The number of piperidine rings is 1. The minimum atomic E-state index is -0.490. The van der Waals surface area contributed by atoms with E-state index in [0.29, 0.717) is 26.2 Å². The van der Waals surface area contributed by atoms with Gasteiger partial charge in [0.25, 0.3) is 0 Å². The molecule has 1 spiro atoms. The average molecular weight is 284 g/mol. The second-order valence-corrected chi connectivity index (χ2v) is 6.77. The second kappa shape index (κ2) is 5.60. The highest BCUT2D eigenvalue weighted by Gasteiger charge is 2.40. The van der Waals surface area contributed by atoms with E-state index in [-0.39, 0.29) is 24.0 Å². The lowest BCUT2D eigenvalue weighted by Crippen LogP contribution is -2.52. The van der Waals surface area contributed by atoms with Gasteiger partial charge in [0.2, 0.25) is 5.91 Å². The summed E-state index contributed by atoms with van der Waals surface area (Å²) in [6, 6.07) is 0. The number of nitrogens with zero attached hydrogens (tertiary/aromatic N) is 1. The highest BCUT2D eigenvalue weighted by Crippen LogP contribution is 2.31. The summed E-state index contributed by atoms with van der Waals surface area (Å²) in [5, 5.41) is 2.87. The van der Waals surface area contributed by atoms with Gasteiger partial charge in [0.05, 0.1) is 6.61 Å². The Balaban J connectivity index is 2.00. The monoisotopic (exact) mass is 284 g/mol. The molecular weight excluding hydrogens is 260 g/mol. The van der Waals surface area contributed by atoms with E-state index in [1.165, 1.54) is 0 Å². The Hall–Kier alpha value is -1.30. The number of amides is 2. The second-order valence-electron chi connectivity index (χ2n) is 6.77. The molecule has 1 N–H and O–H groups in total. The fourth-order valence-electron chi connectivity index (χ4n) is 2.70. The zero-order valence-electron chi connectivity index (χ0n) is 12.5. The van der Waals surface area contributed by atoms with Gasteiger partial charge in [-0.15, -0.1) is 0 Å². The van der Waals surface area contributed by atoms with E-state index >= 15 is 0 Å². The summed E-state index contributed by atoms with van der Waals surface area (Å²) < 4.78 is 10.9. The van der Waals surface area contributed by atoms with Crippen molar-refractivity contribution in [3.8, 4) is 0 Å². The molecule has 6 heteroatoms. The molecule has 2 aliphatic rings. The Morgan fingerprint density at radius 3 is 2.90 bits per heavy atom. The first kappa shape index (κ1) is 15.1. The van der Waals surface area contributed by atoms with Crippen LogP contribution in [0.5, 0.6) is 0 Å². The lowest BCUT2D eigenvalue weighted by Gasteiger charge is -2.41. The molecule has 0 aromatic carbocycles. The van der Waals surface area contributed by atoms with E-state index in [9.17, 15) is 9.59 Å². The van der Waals surface area contributed by atoms with Crippen molar-refractivity contribution in [2.75, 3.05) is 32.8 Å². The van der Waals surface area contributed by atoms with Gasteiger partial charge in [0.1, 0.15) is 12.2 Å². The number of carbonyl (C=O) groups excluding carboxylic acids is 2. The van der Waals surface area contributed by atoms with Crippen molar-refractivity contribution < 1.29 is 19.1 Å². The molecule has 1 atom stereocenters. The average Bonchev–Trinajstić information content (AvgIpc) is 2.51. The van der Waals surface area contributed by atoms with Gasteiger partial charge in [-0.3, -0.25) is 4.79 Å². The quantitative estimate of drug-likeness (QED) is 0.724. The zero-order valence-corrected chi connectivity index (χ0v) is 12.5. The fourth-order valence-corrected chi connectivity index (χ4v) is 2.70. The van der Waals surface area contributed by atoms with E-state index in [1.807, 2.05) is 20.8 Å². The van der Waals surface area contributed by atoms with Crippen LogP contribution in [0.2, 0.25) is 0 Å². The SMILES string of the molecule is CC(C)(C)OC(=O)N1CCCC2(CNC(=O)COC2)C1. The number of carbonyl (C=O) groups is 2. The van der Waals surface area contributed by atoms with Crippen LogP contribution in [0.25, 0.3) is 0 Å². The predicted octanol–water partition coefficient (Wildman–Crippen LogP) is 1.15. The molecular formula is C14H24N2O4. The molecule has 2 amide bonds.